The number of nitrogens with zero attached hydrogens (tertiary/aromatic N) is 3. The molecule has 4 heteroatoms. The zero-order chi connectivity index (χ0) is 15.6. The van der Waals surface area contributed by atoms with Crippen LogP contribution in [0, 0.1) is 5.41 Å². The van der Waals surface area contributed by atoms with E-state index in [1.54, 1.807) is 0 Å². The minimum absolute atomic E-state index is 0.164. The number of guanidine groups is 1. The van der Waals surface area contributed by atoms with E-state index < -0.39 is 0 Å². The molecule has 1 N–H and O–H groups in total. The minimum Gasteiger partial charge on any atom is -0.355 e. The fraction of sp³-hybridized carbons (Fsp3) is 0.938. The van der Waals surface area contributed by atoms with Crippen LogP contribution in [0.25, 0.3) is 0 Å². The van der Waals surface area contributed by atoms with Gasteiger partial charge in [-0.15, -0.1) is 0 Å². The Morgan fingerprint density at radius 1 is 1.35 bits per heavy atom. The predicted molar refractivity (Wildman–Crippen MR) is 88.3 cm³/mol. The van der Waals surface area contributed by atoms with Crippen molar-refractivity contribution < 1.29 is 0 Å². The van der Waals surface area contributed by atoms with E-state index in [0.717, 1.165) is 25.6 Å². The molecule has 0 saturated carbocycles. The Bertz CT molecular complexity index is 346. The first kappa shape index (κ1) is 17.3. The van der Waals surface area contributed by atoms with Crippen molar-refractivity contribution in [2.75, 3.05) is 33.7 Å². The maximum absolute atomic E-state index is 4.45. The number of hydrogen-bond acceptors (Lipinski definition) is 2. The highest BCUT2D eigenvalue weighted by Gasteiger charge is 2.53. The molecule has 1 aliphatic heterocycles. The largest absolute Gasteiger partial charge is 0.355 e. The van der Waals surface area contributed by atoms with Gasteiger partial charge in [0, 0.05) is 43.7 Å². The van der Waals surface area contributed by atoms with E-state index in [9.17, 15) is 0 Å². The van der Waals surface area contributed by atoms with Crippen LogP contribution in [-0.2, 0) is 0 Å². The zero-order valence-electron chi connectivity index (χ0n) is 14.7. The molecule has 20 heavy (non-hydrogen) atoms. The fourth-order valence-corrected chi connectivity index (χ4v) is 2.57. The second-order valence-electron chi connectivity index (χ2n) is 7.24. The summed E-state index contributed by atoms with van der Waals surface area (Å²) in [5.41, 5.74) is 0.510. The smallest absolute Gasteiger partial charge is 0.194 e. The summed E-state index contributed by atoms with van der Waals surface area (Å²) in [5.74, 6) is 1.03. The lowest BCUT2D eigenvalue weighted by molar-refractivity contribution is -0.0667. The third-order valence-electron chi connectivity index (χ3n) is 5.44. The number of nitrogens with one attached hydrogen (secondary N) is 1. The highest BCUT2D eigenvalue weighted by Crippen LogP contribution is 2.46. The molecule has 0 bridgehead atoms. The van der Waals surface area contributed by atoms with Crippen LogP contribution < -0.4 is 5.32 Å². The third kappa shape index (κ3) is 3.27. The van der Waals surface area contributed by atoms with Crippen molar-refractivity contribution in [3.8, 4) is 0 Å². The van der Waals surface area contributed by atoms with E-state index in [-0.39, 0.29) is 5.54 Å². The van der Waals surface area contributed by atoms with Crippen LogP contribution >= 0.6 is 0 Å². The molecule has 0 amide bonds. The molecule has 118 valence electrons. The normalized spacial score (nSPS) is 22.6. The fourth-order valence-electron chi connectivity index (χ4n) is 2.57. The van der Waals surface area contributed by atoms with E-state index in [2.05, 4.69) is 68.7 Å². The van der Waals surface area contributed by atoms with Gasteiger partial charge in [-0.05, 0) is 34.2 Å². The van der Waals surface area contributed by atoms with Crippen LogP contribution in [0.15, 0.2) is 4.99 Å². The van der Waals surface area contributed by atoms with Crippen LogP contribution in [0.1, 0.15) is 48.0 Å². The molecule has 0 radical (unpaired) electrons. The summed E-state index contributed by atoms with van der Waals surface area (Å²) < 4.78 is 0. The molecule has 1 saturated heterocycles. The average molecular weight is 282 g/mol. The summed E-state index contributed by atoms with van der Waals surface area (Å²) in [7, 11) is 4.07. The molecule has 1 aliphatic rings. The third-order valence-corrected chi connectivity index (χ3v) is 5.44. The molecule has 0 spiro atoms. The maximum atomic E-state index is 4.45. The lowest BCUT2D eigenvalue weighted by Gasteiger charge is -2.62. The number of likely N-dealkylation sites (N-methyl/N-ethyl adjacent to an activating group) is 1. The van der Waals surface area contributed by atoms with E-state index in [1.165, 1.54) is 6.42 Å². The summed E-state index contributed by atoms with van der Waals surface area (Å²) in [5, 5.41) is 3.51. The maximum Gasteiger partial charge on any atom is 0.194 e. The Morgan fingerprint density at radius 2 is 1.95 bits per heavy atom. The summed E-state index contributed by atoms with van der Waals surface area (Å²) in [6, 6.07) is 0.637. The topological polar surface area (TPSA) is 30.9 Å². The van der Waals surface area contributed by atoms with Crippen molar-refractivity contribution in [3.63, 3.8) is 0 Å². The van der Waals surface area contributed by atoms with Gasteiger partial charge in [-0.1, -0.05) is 20.8 Å². The SMILES string of the molecule is CCC(C)N(C)CCNC(=NC)N1CC(C)(C)C1(C)C. The van der Waals surface area contributed by atoms with Gasteiger partial charge in [0.15, 0.2) is 5.96 Å². The second kappa shape index (κ2) is 6.33. The van der Waals surface area contributed by atoms with Crippen molar-refractivity contribution in [1.29, 1.82) is 0 Å². The quantitative estimate of drug-likeness (QED) is 0.620. The molecule has 0 aromatic rings. The van der Waals surface area contributed by atoms with Gasteiger partial charge in [-0.2, -0.15) is 0 Å². The second-order valence-corrected chi connectivity index (χ2v) is 7.24. The number of rotatable bonds is 5. The standard InChI is InChI=1S/C16H34N4/c1-9-13(2)19(8)11-10-18-14(17-7)20-12-15(3,4)16(20,5)6/h13H,9-12H2,1-8H3,(H,17,18). The van der Waals surface area contributed by atoms with Gasteiger partial charge in [0.1, 0.15) is 0 Å². The van der Waals surface area contributed by atoms with Gasteiger partial charge in [0.25, 0.3) is 0 Å². The molecular formula is C16H34N4. The Kier molecular flexibility index (Phi) is 5.47. The first-order valence-corrected chi connectivity index (χ1v) is 7.86. The molecule has 1 heterocycles. The molecular weight excluding hydrogens is 248 g/mol. The van der Waals surface area contributed by atoms with Crippen molar-refractivity contribution in [1.82, 2.24) is 15.1 Å². The molecule has 0 aromatic carbocycles. The van der Waals surface area contributed by atoms with Crippen molar-refractivity contribution in [2.24, 2.45) is 10.4 Å². The molecule has 4 nitrogen and oxygen atoms in total. The summed E-state index contributed by atoms with van der Waals surface area (Å²) in [6.07, 6.45) is 1.19. The monoisotopic (exact) mass is 282 g/mol. The first-order chi connectivity index (χ1) is 9.17. The Hall–Kier alpha value is -0.770. The van der Waals surface area contributed by atoms with Gasteiger partial charge >= 0.3 is 0 Å². The van der Waals surface area contributed by atoms with E-state index >= 15 is 0 Å². The number of likely N-dealkylation sites (tertiary alicyclic amines) is 1. The van der Waals surface area contributed by atoms with Crippen LogP contribution in [0.2, 0.25) is 0 Å². The average Bonchev–Trinajstić information content (AvgIpc) is 2.40. The van der Waals surface area contributed by atoms with Gasteiger partial charge in [-0.25, -0.2) is 0 Å². The highest BCUT2D eigenvalue weighted by molar-refractivity contribution is 5.82. The van der Waals surface area contributed by atoms with E-state index in [4.69, 9.17) is 0 Å². The lowest BCUT2D eigenvalue weighted by Crippen LogP contribution is -2.72. The van der Waals surface area contributed by atoms with Crippen molar-refractivity contribution in [3.05, 3.63) is 0 Å². The first-order valence-electron chi connectivity index (χ1n) is 7.86. The summed E-state index contributed by atoms with van der Waals surface area (Å²) in [6.45, 7) is 16.8. The van der Waals surface area contributed by atoms with Crippen LogP contribution in [-0.4, -0.2) is 61.1 Å². The van der Waals surface area contributed by atoms with Crippen LogP contribution in [0.4, 0.5) is 0 Å². The minimum atomic E-state index is 0.164. The predicted octanol–water partition coefficient (Wildman–Crippen LogP) is 2.41. The Balaban J connectivity index is 2.47. The van der Waals surface area contributed by atoms with E-state index in [1.807, 2.05) is 7.05 Å². The molecule has 1 atom stereocenters. The molecule has 1 fully saturated rings. The van der Waals surface area contributed by atoms with Gasteiger partial charge < -0.3 is 15.1 Å². The molecule has 0 aliphatic carbocycles. The Morgan fingerprint density at radius 3 is 2.35 bits per heavy atom. The number of aliphatic imine (C=N–C) groups is 1. The van der Waals surface area contributed by atoms with Crippen LogP contribution in [0.5, 0.6) is 0 Å². The van der Waals surface area contributed by atoms with Gasteiger partial charge in [-0.3, -0.25) is 4.99 Å². The van der Waals surface area contributed by atoms with Gasteiger partial charge in [0.05, 0.1) is 0 Å². The molecule has 1 unspecified atom stereocenters. The Labute approximate surface area is 125 Å². The lowest BCUT2D eigenvalue weighted by atomic mass is 9.65. The van der Waals surface area contributed by atoms with E-state index in [0.29, 0.717) is 11.5 Å². The van der Waals surface area contributed by atoms with Crippen molar-refractivity contribution in [2.45, 2.75) is 59.5 Å². The molecule has 0 aromatic heterocycles. The number of hydrogen-bond donors (Lipinski definition) is 1. The zero-order valence-corrected chi connectivity index (χ0v) is 14.7. The summed E-state index contributed by atoms with van der Waals surface area (Å²) >= 11 is 0. The highest BCUT2D eigenvalue weighted by atomic mass is 15.4. The summed E-state index contributed by atoms with van der Waals surface area (Å²) in [4.78, 5) is 9.23. The van der Waals surface area contributed by atoms with Crippen molar-refractivity contribution >= 4 is 5.96 Å². The van der Waals surface area contributed by atoms with Gasteiger partial charge in [0.2, 0.25) is 0 Å². The molecule has 1 rings (SSSR count). The van der Waals surface area contributed by atoms with Crippen LogP contribution in [0.3, 0.4) is 0 Å².